The van der Waals surface area contributed by atoms with Gasteiger partial charge in [0, 0.05) is 27.9 Å². The maximum atomic E-state index is 15.4. The van der Waals surface area contributed by atoms with Crippen LogP contribution in [0.25, 0.3) is 0 Å². The van der Waals surface area contributed by atoms with Crippen LogP contribution in [-0.4, -0.2) is 33.7 Å². The van der Waals surface area contributed by atoms with E-state index in [4.69, 9.17) is 11.6 Å². The van der Waals surface area contributed by atoms with Crippen LogP contribution in [0.3, 0.4) is 0 Å². The number of hydrogen-bond donors (Lipinski definition) is 3. The zero-order valence-electron chi connectivity index (χ0n) is 29.5. The molecule has 12 heteroatoms. The first-order valence-electron chi connectivity index (χ1n) is 18.2. The number of phenolic OH excluding ortho intramolecular Hbond substituents is 1. The fourth-order valence-electron chi connectivity index (χ4n) is 9.40. The minimum atomic E-state index is -1.76. The third-order valence-electron chi connectivity index (χ3n) is 11.8. The largest absolute Gasteiger partial charge is 0.505 e. The molecule has 0 spiro atoms. The molecule has 9 rings (SSSR count). The molecule has 2 saturated heterocycles. The second-order valence-electron chi connectivity index (χ2n) is 14.6. The van der Waals surface area contributed by atoms with Crippen molar-refractivity contribution in [3.8, 4) is 5.75 Å². The molecule has 3 N–H and O–H groups in total. The van der Waals surface area contributed by atoms with Gasteiger partial charge >= 0.3 is 0 Å². The number of phenols is 1. The second kappa shape index (κ2) is 13.5. The molecule has 0 radical (unpaired) electrons. The molecule has 0 unspecified atom stereocenters. The van der Waals surface area contributed by atoms with Gasteiger partial charge in [0.1, 0.15) is 5.82 Å². The summed E-state index contributed by atoms with van der Waals surface area (Å²) in [4.78, 5) is 60.0. The first-order valence-corrected chi connectivity index (χ1v) is 18.6. The van der Waals surface area contributed by atoms with Gasteiger partial charge in [-0.15, -0.1) is 0 Å². The molecule has 9 nitrogen and oxygen atoms in total. The van der Waals surface area contributed by atoms with Crippen molar-refractivity contribution in [2.24, 2.45) is 23.7 Å². The number of anilines is 4. The van der Waals surface area contributed by atoms with Crippen LogP contribution in [0.1, 0.15) is 29.9 Å². The number of benzene rings is 5. The molecule has 2 aliphatic heterocycles. The highest BCUT2D eigenvalue weighted by Gasteiger charge is 2.70. The Morgan fingerprint density at radius 2 is 1.39 bits per heavy atom. The number of imide groups is 2. The number of para-hydroxylation sites is 2. The molecule has 5 aromatic carbocycles. The lowest BCUT2D eigenvalue weighted by Gasteiger charge is -2.50. The number of hydrogen-bond acceptors (Lipinski definition) is 7. The van der Waals surface area contributed by atoms with Crippen LogP contribution < -0.4 is 15.6 Å². The molecule has 4 amide bonds. The van der Waals surface area contributed by atoms with Crippen molar-refractivity contribution in [2.45, 2.75) is 24.2 Å². The Morgan fingerprint density at radius 3 is 2.11 bits per heavy atom. The molecule has 280 valence electrons. The average Bonchev–Trinajstić information content (AvgIpc) is 3.58. The molecule has 0 bridgehead atoms. The Hall–Kier alpha value is -6.33. The Morgan fingerprint density at radius 1 is 0.714 bits per heavy atom. The maximum absolute atomic E-state index is 15.4. The fourth-order valence-corrected chi connectivity index (χ4v) is 9.53. The topological polar surface area (TPSA) is 119 Å². The number of hydrazine groups is 1. The van der Waals surface area contributed by atoms with E-state index in [1.54, 1.807) is 48.5 Å². The number of allylic oxidation sites excluding steroid dienone is 2. The standard InChI is InChI=1S/C44H33ClF2N4O5/c45-25-11-9-24(10-12-25)44-35(41(54)51(43(44)56)49-29-15-13-26(46)14-16-29)23-34-31(38(44)33-7-4-8-36(47)39(33)52)21-22-32-37(34)42(55)50(40(32)53)30-19-17-28(18-20-30)48-27-5-2-1-3-6-27/h1-21,32,34-35,37-38,48-49,52H,22-23H2/t32-,34+,35-,37-,38+,44+/m0/s1. The number of carbonyl (C=O) groups excluding carboxylic acids is 4. The van der Waals surface area contributed by atoms with Gasteiger partial charge in [-0.2, -0.15) is 5.01 Å². The summed E-state index contributed by atoms with van der Waals surface area (Å²) in [5.41, 5.74) is 4.38. The molecule has 3 fully saturated rings. The summed E-state index contributed by atoms with van der Waals surface area (Å²) in [6.07, 6.45) is 1.95. The highest BCUT2D eigenvalue weighted by molar-refractivity contribution is 6.30. The van der Waals surface area contributed by atoms with Gasteiger partial charge in [-0.05, 0) is 103 Å². The van der Waals surface area contributed by atoms with Crippen LogP contribution >= 0.6 is 11.6 Å². The van der Waals surface area contributed by atoms with E-state index in [-0.39, 0.29) is 30.0 Å². The minimum absolute atomic E-state index is 0.0127. The van der Waals surface area contributed by atoms with E-state index in [0.717, 1.165) is 22.5 Å². The summed E-state index contributed by atoms with van der Waals surface area (Å²) in [5.74, 6) is -9.00. The zero-order chi connectivity index (χ0) is 38.9. The number of halogens is 3. The van der Waals surface area contributed by atoms with Crippen molar-refractivity contribution in [3.63, 3.8) is 0 Å². The van der Waals surface area contributed by atoms with E-state index >= 15 is 9.18 Å². The predicted molar refractivity (Wildman–Crippen MR) is 206 cm³/mol. The van der Waals surface area contributed by atoms with Crippen LogP contribution in [0.2, 0.25) is 5.02 Å². The van der Waals surface area contributed by atoms with E-state index in [2.05, 4.69) is 10.7 Å². The number of carbonyl (C=O) groups is 4. The van der Waals surface area contributed by atoms with E-state index < -0.39 is 70.1 Å². The van der Waals surface area contributed by atoms with Crippen molar-refractivity contribution in [1.29, 1.82) is 0 Å². The molecule has 2 heterocycles. The molecule has 0 aromatic heterocycles. The smallest absolute Gasteiger partial charge is 0.260 e. The van der Waals surface area contributed by atoms with Crippen LogP contribution in [0, 0.1) is 35.3 Å². The van der Waals surface area contributed by atoms with Gasteiger partial charge in [-0.25, -0.2) is 8.78 Å². The summed E-state index contributed by atoms with van der Waals surface area (Å²) >= 11 is 6.33. The molecule has 2 aliphatic carbocycles. The lowest BCUT2D eigenvalue weighted by Crippen LogP contribution is -2.53. The maximum Gasteiger partial charge on any atom is 0.260 e. The van der Waals surface area contributed by atoms with Gasteiger partial charge < -0.3 is 10.4 Å². The van der Waals surface area contributed by atoms with Crippen LogP contribution in [0.4, 0.5) is 31.5 Å². The Balaban J connectivity index is 1.16. The van der Waals surface area contributed by atoms with E-state index in [9.17, 15) is 23.9 Å². The van der Waals surface area contributed by atoms with E-state index in [0.29, 0.717) is 21.8 Å². The van der Waals surface area contributed by atoms with Crippen molar-refractivity contribution < 1.29 is 33.1 Å². The van der Waals surface area contributed by atoms with Gasteiger partial charge in [0.2, 0.25) is 11.8 Å². The normalized spacial score (nSPS) is 25.4. The summed E-state index contributed by atoms with van der Waals surface area (Å²) in [6.45, 7) is 0. The highest BCUT2D eigenvalue weighted by Crippen LogP contribution is 2.65. The quantitative estimate of drug-likeness (QED) is 0.113. The number of nitrogens with one attached hydrogen (secondary N) is 2. The minimum Gasteiger partial charge on any atom is -0.505 e. The molecule has 6 atom stereocenters. The average molecular weight is 771 g/mol. The van der Waals surface area contributed by atoms with Crippen LogP contribution in [0.5, 0.6) is 5.75 Å². The summed E-state index contributed by atoms with van der Waals surface area (Å²) in [5, 5.41) is 16.0. The van der Waals surface area contributed by atoms with Crippen molar-refractivity contribution >= 4 is 58.0 Å². The summed E-state index contributed by atoms with van der Waals surface area (Å²) in [7, 11) is 0. The lowest BCUT2D eigenvalue weighted by molar-refractivity contribution is -0.138. The second-order valence-corrected chi connectivity index (χ2v) is 15.0. The van der Waals surface area contributed by atoms with Crippen LogP contribution in [0.15, 0.2) is 133 Å². The van der Waals surface area contributed by atoms with Gasteiger partial charge in [-0.1, -0.05) is 65.7 Å². The summed E-state index contributed by atoms with van der Waals surface area (Å²) in [6, 6.07) is 32.1. The number of amides is 4. The van der Waals surface area contributed by atoms with Gasteiger partial charge in [0.25, 0.3) is 11.8 Å². The van der Waals surface area contributed by atoms with Gasteiger partial charge in [0.05, 0.1) is 34.5 Å². The number of nitrogens with zero attached hydrogens (tertiary/aromatic N) is 2. The number of fused-ring (bicyclic) bond motifs is 4. The van der Waals surface area contributed by atoms with Crippen LogP contribution in [-0.2, 0) is 24.6 Å². The van der Waals surface area contributed by atoms with E-state index in [1.165, 1.54) is 41.3 Å². The molecule has 4 aliphatic rings. The fraction of sp³-hybridized carbons (Fsp3) is 0.182. The molecule has 1 saturated carbocycles. The van der Waals surface area contributed by atoms with E-state index in [1.807, 2.05) is 36.4 Å². The number of aromatic hydroxyl groups is 1. The van der Waals surface area contributed by atoms with Crippen molar-refractivity contribution in [1.82, 2.24) is 5.01 Å². The number of rotatable bonds is 7. The predicted octanol–water partition coefficient (Wildman–Crippen LogP) is 8.26. The third kappa shape index (κ3) is 5.40. The first kappa shape index (κ1) is 35.4. The zero-order valence-corrected chi connectivity index (χ0v) is 30.3. The molecular formula is C44H33ClF2N4O5. The van der Waals surface area contributed by atoms with Gasteiger partial charge in [-0.3, -0.25) is 29.5 Å². The van der Waals surface area contributed by atoms with Gasteiger partial charge in [0.15, 0.2) is 11.6 Å². The molecular weight excluding hydrogens is 738 g/mol. The monoisotopic (exact) mass is 770 g/mol. The third-order valence-corrected chi connectivity index (χ3v) is 12.0. The lowest BCUT2D eigenvalue weighted by atomic mass is 9.49. The van der Waals surface area contributed by atoms with Crippen molar-refractivity contribution in [2.75, 3.05) is 15.6 Å². The first-order chi connectivity index (χ1) is 27.1. The van der Waals surface area contributed by atoms with Crippen molar-refractivity contribution in [3.05, 3.63) is 161 Å². The molecule has 56 heavy (non-hydrogen) atoms. The Kier molecular flexibility index (Phi) is 8.50. The Bertz CT molecular complexity index is 2440. The summed E-state index contributed by atoms with van der Waals surface area (Å²) < 4.78 is 29.3. The SMILES string of the molecule is O=C1[C@@H]2C[C@@H]3C(=CC[C@@H]4C(=O)N(c5ccc(Nc6ccccc6)cc5)C(=O)[C@@H]43)[C@H](c3cccc(F)c3O)[C@]2(c2ccc(Cl)cc2)C(=O)N1Nc1ccc(F)cc1. The Labute approximate surface area is 325 Å². The highest BCUT2D eigenvalue weighted by atomic mass is 35.5. The molecule has 5 aromatic rings.